The van der Waals surface area contributed by atoms with Gasteiger partial charge >= 0.3 is 0 Å². The first-order chi connectivity index (χ1) is 9.09. The van der Waals surface area contributed by atoms with Crippen molar-refractivity contribution in [3.8, 4) is 0 Å². The number of nitrogens with one attached hydrogen (secondary N) is 1. The van der Waals surface area contributed by atoms with E-state index in [-0.39, 0.29) is 5.70 Å². The lowest BCUT2D eigenvalue weighted by molar-refractivity contribution is -0.423. The summed E-state index contributed by atoms with van der Waals surface area (Å²) >= 11 is 0. The lowest BCUT2D eigenvalue weighted by Gasteiger charge is -2.26. The van der Waals surface area contributed by atoms with Crippen molar-refractivity contribution in [1.82, 2.24) is 10.2 Å². The number of carbonyl (C=O) groups excluding carboxylic acids is 1. The zero-order valence-corrected chi connectivity index (χ0v) is 10.7. The SMILES string of the molecule is NC(=O)C1C=C([N+](=O)[O-])C(N2CCCNCC2)=CC1. The highest BCUT2D eigenvalue weighted by Gasteiger charge is 2.30. The minimum Gasteiger partial charge on any atom is -0.369 e. The Balaban J connectivity index is 2.21. The number of hydrogen-bond donors (Lipinski definition) is 2. The maximum atomic E-state index is 11.2. The standard InChI is InChI=1S/C12H18N4O3/c13-12(17)9-2-3-10(11(8-9)16(18)19)15-6-1-4-14-5-7-15/h3,8-9,14H,1-2,4-7H2,(H2,13,17). The van der Waals surface area contributed by atoms with Gasteiger partial charge in [0.25, 0.3) is 5.70 Å². The number of amides is 1. The molecular weight excluding hydrogens is 248 g/mol. The van der Waals surface area contributed by atoms with Crippen LogP contribution in [0.15, 0.2) is 23.5 Å². The van der Waals surface area contributed by atoms with E-state index in [4.69, 9.17) is 5.73 Å². The van der Waals surface area contributed by atoms with E-state index < -0.39 is 16.7 Å². The zero-order chi connectivity index (χ0) is 13.8. The quantitative estimate of drug-likeness (QED) is 0.545. The molecule has 1 fully saturated rings. The first kappa shape index (κ1) is 13.5. The first-order valence-corrected chi connectivity index (χ1v) is 6.41. The molecule has 1 heterocycles. The van der Waals surface area contributed by atoms with Crippen LogP contribution in [0.4, 0.5) is 0 Å². The Bertz CT molecular complexity index is 436. The third kappa shape index (κ3) is 3.11. The van der Waals surface area contributed by atoms with Gasteiger partial charge in [-0.15, -0.1) is 0 Å². The number of primary amides is 1. The summed E-state index contributed by atoms with van der Waals surface area (Å²) in [6, 6.07) is 0. The maximum absolute atomic E-state index is 11.2. The summed E-state index contributed by atoms with van der Waals surface area (Å²) in [6.07, 6.45) is 4.53. The van der Waals surface area contributed by atoms with Crippen molar-refractivity contribution >= 4 is 5.91 Å². The summed E-state index contributed by atoms with van der Waals surface area (Å²) in [5, 5.41) is 14.4. The number of carbonyl (C=O) groups is 1. The number of rotatable bonds is 3. The zero-order valence-electron chi connectivity index (χ0n) is 10.7. The second-order valence-electron chi connectivity index (χ2n) is 4.73. The summed E-state index contributed by atoms with van der Waals surface area (Å²) in [4.78, 5) is 23.9. The lowest BCUT2D eigenvalue weighted by atomic mass is 9.96. The van der Waals surface area contributed by atoms with E-state index in [1.807, 2.05) is 4.90 Å². The van der Waals surface area contributed by atoms with Crippen LogP contribution in [0.3, 0.4) is 0 Å². The second kappa shape index (κ2) is 5.83. The predicted molar refractivity (Wildman–Crippen MR) is 69.5 cm³/mol. The fourth-order valence-corrected chi connectivity index (χ4v) is 2.42. The molecule has 1 atom stereocenters. The van der Waals surface area contributed by atoms with Gasteiger partial charge in [0.1, 0.15) is 5.70 Å². The molecule has 104 valence electrons. The molecule has 19 heavy (non-hydrogen) atoms. The van der Waals surface area contributed by atoms with Gasteiger partial charge in [-0.05, 0) is 19.4 Å². The highest BCUT2D eigenvalue weighted by Crippen LogP contribution is 2.26. The molecule has 1 aliphatic heterocycles. The minimum absolute atomic E-state index is 0.00282. The van der Waals surface area contributed by atoms with E-state index in [0.29, 0.717) is 12.1 Å². The molecule has 1 amide bonds. The first-order valence-electron chi connectivity index (χ1n) is 6.41. The molecule has 2 rings (SSSR count). The van der Waals surface area contributed by atoms with Gasteiger partial charge in [-0.1, -0.05) is 6.08 Å². The van der Waals surface area contributed by atoms with Gasteiger partial charge in [0.2, 0.25) is 5.91 Å². The molecule has 1 unspecified atom stereocenters. The van der Waals surface area contributed by atoms with Crippen LogP contribution in [0.1, 0.15) is 12.8 Å². The monoisotopic (exact) mass is 266 g/mol. The number of hydrogen-bond acceptors (Lipinski definition) is 5. The topological polar surface area (TPSA) is 102 Å². The highest BCUT2D eigenvalue weighted by molar-refractivity contribution is 5.79. The van der Waals surface area contributed by atoms with Gasteiger partial charge in [-0.3, -0.25) is 14.9 Å². The number of nitrogens with zero attached hydrogens (tertiary/aromatic N) is 2. The molecule has 3 N–H and O–H groups in total. The Morgan fingerprint density at radius 2 is 2.26 bits per heavy atom. The summed E-state index contributed by atoms with van der Waals surface area (Å²) in [6.45, 7) is 3.25. The van der Waals surface area contributed by atoms with Gasteiger partial charge in [0, 0.05) is 25.7 Å². The Kier molecular flexibility index (Phi) is 4.16. The van der Waals surface area contributed by atoms with E-state index in [0.717, 1.165) is 32.6 Å². The van der Waals surface area contributed by atoms with Gasteiger partial charge in [-0.2, -0.15) is 0 Å². The second-order valence-corrected chi connectivity index (χ2v) is 4.73. The summed E-state index contributed by atoms with van der Waals surface area (Å²) < 4.78 is 0. The van der Waals surface area contributed by atoms with Crippen LogP contribution < -0.4 is 11.1 Å². The van der Waals surface area contributed by atoms with Crippen LogP contribution in [0.2, 0.25) is 0 Å². The molecule has 0 radical (unpaired) electrons. The van der Waals surface area contributed by atoms with Crippen LogP contribution in [0.25, 0.3) is 0 Å². The molecule has 2 aliphatic rings. The van der Waals surface area contributed by atoms with Gasteiger partial charge in [-0.25, -0.2) is 0 Å². The third-order valence-corrected chi connectivity index (χ3v) is 3.43. The average Bonchev–Trinajstić information content (AvgIpc) is 2.66. The van der Waals surface area contributed by atoms with Crippen LogP contribution in [0.5, 0.6) is 0 Å². The van der Waals surface area contributed by atoms with Crippen LogP contribution in [-0.4, -0.2) is 41.9 Å². The van der Waals surface area contributed by atoms with Crippen LogP contribution in [-0.2, 0) is 4.79 Å². The fourth-order valence-electron chi connectivity index (χ4n) is 2.42. The largest absolute Gasteiger partial charge is 0.369 e. The summed E-state index contributed by atoms with van der Waals surface area (Å²) in [7, 11) is 0. The van der Waals surface area contributed by atoms with Crippen LogP contribution >= 0.6 is 0 Å². The van der Waals surface area contributed by atoms with E-state index >= 15 is 0 Å². The molecule has 0 spiro atoms. The molecule has 0 aromatic carbocycles. The van der Waals surface area contributed by atoms with Crippen molar-refractivity contribution in [3.63, 3.8) is 0 Å². The van der Waals surface area contributed by atoms with Crippen molar-refractivity contribution in [1.29, 1.82) is 0 Å². The third-order valence-electron chi connectivity index (χ3n) is 3.43. The predicted octanol–water partition coefficient (Wildman–Crippen LogP) is -0.169. The molecule has 7 heteroatoms. The summed E-state index contributed by atoms with van der Waals surface area (Å²) in [5.41, 5.74) is 5.83. The lowest BCUT2D eigenvalue weighted by Crippen LogP contribution is -2.33. The van der Waals surface area contributed by atoms with Crippen molar-refractivity contribution in [2.75, 3.05) is 26.2 Å². The highest BCUT2D eigenvalue weighted by atomic mass is 16.6. The Morgan fingerprint density at radius 3 is 2.95 bits per heavy atom. The van der Waals surface area contributed by atoms with E-state index in [1.54, 1.807) is 6.08 Å². The van der Waals surface area contributed by atoms with Gasteiger partial charge in [0.05, 0.1) is 10.8 Å². The molecule has 0 aromatic rings. The Morgan fingerprint density at radius 1 is 1.47 bits per heavy atom. The number of nitro groups is 1. The van der Waals surface area contributed by atoms with E-state index in [1.165, 1.54) is 6.08 Å². The Labute approximate surface area is 111 Å². The smallest absolute Gasteiger partial charge is 0.289 e. The van der Waals surface area contributed by atoms with Gasteiger partial charge in [0.15, 0.2) is 0 Å². The van der Waals surface area contributed by atoms with E-state index in [9.17, 15) is 14.9 Å². The number of allylic oxidation sites excluding steroid dienone is 1. The van der Waals surface area contributed by atoms with Crippen LogP contribution in [0, 0.1) is 16.0 Å². The molecule has 0 bridgehead atoms. The maximum Gasteiger partial charge on any atom is 0.289 e. The van der Waals surface area contributed by atoms with Gasteiger partial charge < -0.3 is 16.0 Å². The van der Waals surface area contributed by atoms with Crippen molar-refractivity contribution < 1.29 is 9.72 Å². The van der Waals surface area contributed by atoms with Crippen molar-refractivity contribution in [3.05, 3.63) is 33.7 Å². The average molecular weight is 266 g/mol. The minimum atomic E-state index is -0.575. The number of nitrogens with two attached hydrogens (primary N) is 1. The van der Waals surface area contributed by atoms with Crippen molar-refractivity contribution in [2.24, 2.45) is 11.7 Å². The normalized spacial score (nSPS) is 24.2. The molecule has 1 aliphatic carbocycles. The molecule has 0 aromatic heterocycles. The molecule has 7 nitrogen and oxygen atoms in total. The molecule has 0 saturated carbocycles. The van der Waals surface area contributed by atoms with E-state index in [2.05, 4.69) is 5.32 Å². The fraction of sp³-hybridized carbons (Fsp3) is 0.583. The Hall–Kier alpha value is -1.89. The molecular formula is C12H18N4O3. The van der Waals surface area contributed by atoms with Crippen molar-refractivity contribution in [2.45, 2.75) is 12.8 Å². The molecule has 1 saturated heterocycles. The summed E-state index contributed by atoms with van der Waals surface area (Å²) in [5.74, 6) is -1.10.